The van der Waals surface area contributed by atoms with Gasteiger partial charge in [-0.1, -0.05) is 30.3 Å². The zero-order valence-corrected chi connectivity index (χ0v) is 13.8. The Bertz CT molecular complexity index is 645. The van der Waals surface area contributed by atoms with Gasteiger partial charge in [0, 0.05) is 24.7 Å². The molecule has 116 valence electrons. The lowest BCUT2D eigenvalue weighted by Gasteiger charge is -2.31. The maximum absolute atomic E-state index is 12.9. The fourth-order valence-electron chi connectivity index (χ4n) is 2.88. The van der Waals surface area contributed by atoms with E-state index in [0.717, 1.165) is 47.1 Å². The number of nitrogens with one attached hydrogen (secondary N) is 1. The first kappa shape index (κ1) is 15.2. The number of aromatic nitrogens is 1. The van der Waals surface area contributed by atoms with Crippen molar-refractivity contribution in [3.63, 3.8) is 0 Å². The molecule has 1 aliphatic rings. The average Bonchev–Trinajstić information content (AvgIpc) is 2.97. The summed E-state index contributed by atoms with van der Waals surface area (Å²) in [6.45, 7) is 3.59. The first-order valence-corrected chi connectivity index (χ1v) is 8.50. The quantitative estimate of drug-likeness (QED) is 0.947. The molecule has 1 fully saturated rings. The summed E-state index contributed by atoms with van der Waals surface area (Å²) in [6, 6.07) is 10.5. The summed E-state index contributed by atoms with van der Waals surface area (Å²) >= 11 is 1.50. The number of benzene rings is 1. The molecule has 0 saturated carbocycles. The molecule has 1 amide bonds. The first-order valence-electron chi connectivity index (χ1n) is 7.68. The molecule has 0 spiro atoms. The molecular formula is C17H21N3OS. The van der Waals surface area contributed by atoms with Crippen molar-refractivity contribution in [2.45, 2.75) is 25.8 Å². The number of hydrogen-bond acceptors (Lipinski definition) is 4. The summed E-state index contributed by atoms with van der Waals surface area (Å²) in [7, 11) is 1.99. The zero-order chi connectivity index (χ0) is 15.5. The molecular weight excluding hydrogens is 294 g/mol. The molecule has 0 bridgehead atoms. The number of nitrogens with zero attached hydrogens (tertiary/aromatic N) is 2. The van der Waals surface area contributed by atoms with E-state index in [1.165, 1.54) is 11.3 Å². The van der Waals surface area contributed by atoms with Crippen LogP contribution in [0.2, 0.25) is 0 Å². The van der Waals surface area contributed by atoms with Gasteiger partial charge in [-0.3, -0.25) is 4.79 Å². The lowest BCUT2D eigenvalue weighted by Crippen LogP contribution is -2.43. The molecule has 1 aliphatic heterocycles. The highest BCUT2D eigenvalue weighted by Gasteiger charge is 2.26. The Morgan fingerprint density at radius 3 is 2.59 bits per heavy atom. The molecule has 5 heteroatoms. The largest absolute Gasteiger partial charge is 0.338 e. The minimum Gasteiger partial charge on any atom is -0.338 e. The zero-order valence-electron chi connectivity index (χ0n) is 13.0. The van der Waals surface area contributed by atoms with Crippen LogP contribution in [0.15, 0.2) is 30.3 Å². The van der Waals surface area contributed by atoms with Crippen molar-refractivity contribution in [1.29, 1.82) is 0 Å². The number of hydrogen-bond donors (Lipinski definition) is 1. The molecule has 2 aromatic rings. The molecule has 1 N–H and O–H groups in total. The molecule has 0 aliphatic carbocycles. The van der Waals surface area contributed by atoms with Crippen LogP contribution in [-0.2, 0) is 0 Å². The second kappa shape index (κ2) is 6.58. The van der Waals surface area contributed by atoms with E-state index in [9.17, 15) is 4.79 Å². The van der Waals surface area contributed by atoms with Crippen molar-refractivity contribution >= 4 is 17.2 Å². The Morgan fingerprint density at radius 1 is 1.27 bits per heavy atom. The van der Waals surface area contributed by atoms with Crippen molar-refractivity contribution < 1.29 is 4.79 Å². The summed E-state index contributed by atoms with van der Waals surface area (Å²) in [6.07, 6.45) is 2.03. The fourth-order valence-corrected chi connectivity index (χ4v) is 3.79. The van der Waals surface area contributed by atoms with E-state index in [1.807, 2.05) is 49.2 Å². The van der Waals surface area contributed by atoms with Crippen molar-refractivity contribution in [2.75, 3.05) is 20.1 Å². The molecule has 0 unspecified atom stereocenters. The molecule has 22 heavy (non-hydrogen) atoms. The summed E-state index contributed by atoms with van der Waals surface area (Å²) in [4.78, 5) is 20.2. The van der Waals surface area contributed by atoms with Crippen molar-refractivity contribution in [2.24, 2.45) is 0 Å². The van der Waals surface area contributed by atoms with Gasteiger partial charge in [0.15, 0.2) is 0 Å². The van der Waals surface area contributed by atoms with Crippen LogP contribution in [0.5, 0.6) is 0 Å². The lowest BCUT2D eigenvalue weighted by atomic mass is 10.0. The fraction of sp³-hybridized carbons (Fsp3) is 0.412. The van der Waals surface area contributed by atoms with Crippen LogP contribution < -0.4 is 5.32 Å². The van der Waals surface area contributed by atoms with Crippen molar-refractivity contribution in [1.82, 2.24) is 15.2 Å². The van der Waals surface area contributed by atoms with Crippen LogP contribution in [-0.4, -0.2) is 42.0 Å². The molecule has 1 aromatic carbocycles. The molecule has 3 rings (SSSR count). The number of carbonyl (C=O) groups is 1. The third-order valence-corrected chi connectivity index (χ3v) is 5.12. The van der Waals surface area contributed by atoms with Crippen LogP contribution in [0.25, 0.3) is 11.3 Å². The number of thiazole rings is 1. The van der Waals surface area contributed by atoms with Gasteiger partial charge in [-0.15, -0.1) is 11.3 Å². The van der Waals surface area contributed by atoms with Crippen molar-refractivity contribution in [3.8, 4) is 11.3 Å². The first-order chi connectivity index (χ1) is 10.7. The van der Waals surface area contributed by atoms with Crippen LogP contribution in [0.3, 0.4) is 0 Å². The van der Waals surface area contributed by atoms with Crippen LogP contribution in [0, 0.1) is 6.92 Å². The predicted octanol–water partition coefficient (Wildman–Crippen LogP) is 2.94. The van der Waals surface area contributed by atoms with Gasteiger partial charge in [-0.05, 0) is 26.8 Å². The third-order valence-electron chi connectivity index (χ3n) is 4.17. The Labute approximate surface area is 135 Å². The molecule has 1 saturated heterocycles. The molecule has 4 nitrogen and oxygen atoms in total. The van der Waals surface area contributed by atoms with Gasteiger partial charge in [-0.2, -0.15) is 0 Å². The van der Waals surface area contributed by atoms with E-state index in [1.54, 1.807) is 0 Å². The normalized spacial score (nSPS) is 16.0. The predicted molar refractivity (Wildman–Crippen MR) is 90.3 cm³/mol. The Balaban J connectivity index is 1.85. The van der Waals surface area contributed by atoms with Gasteiger partial charge in [0.05, 0.1) is 10.7 Å². The SMILES string of the molecule is CNC1CCN(C(=O)c2sc(C)nc2-c2ccccc2)CC1. The Morgan fingerprint density at radius 2 is 1.95 bits per heavy atom. The Kier molecular flexibility index (Phi) is 4.55. The van der Waals surface area contributed by atoms with E-state index in [2.05, 4.69) is 10.3 Å². The maximum Gasteiger partial charge on any atom is 0.266 e. The monoisotopic (exact) mass is 315 g/mol. The van der Waals surface area contributed by atoms with Gasteiger partial charge in [0.2, 0.25) is 0 Å². The molecule has 2 heterocycles. The second-order valence-electron chi connectivity index (χ2n) is 5.63. The molecule has 1 aromatic heterocycles. The number of amides is 1. The number of likely N-dealkylation sites (tertiary alicyclic amines) is 1. The van der Waals surface area contributed by atoms with Gasteiger partial charge in [0.25, 0.3) is 5.91 Å². The highest BCUT2D eigenvalue weighted by Crippen LogP contribution is 2.29. The topological polar surface area (TPSA) is 45.2 Å². The lowest BCUT2D eigenvalue weighted by molar-refractivity contribution is 0.0713. The van der Waals surface area contributed by atoms with E-state index in [4.69, 9.17) is 0 Å². The average molecular weight is 315 g/mol. The van der Waals surface area contributed by atoms with Gasteiger partial charge in [-0.25, -0.2) is 4.98 Å². The molecule has 0 atom stereocenters. The van der Waals surface area contributed by atoms with E-state index in [0.29, 0.717) is 6.04 Å². The minimum absolute atomic E-state index is 0.124. The Hall–Kier alpha value is -1.72. The van der Waals surface area contributed by atoms with Crippen LogP contribution in [0.4, 0.5) is 0 Å². The third kappa shape index (κ3) is 3.05. The standard InChI is InChI=1S/C17H21N3OS/c1-12-19-15(13-6-4-3-5-7-13)16(22-12)17(21)20-10-8-14(18-2)9-11-20/h3-7,14,18H,8-11H2,1-2H3. The second-order valence-corrected chi connectivity index (χ2v) is 6.83. The summed E-state index contributed by atoms with van der Waals surface area (Å²) in [5.41, 5.74) is 1.84. The highest BCUT2D eigenvalue weighted by atomic mass is 32.1. The number of rotatable bonds is 3. The smallest absolute Gasteiger partial charge is 0.266 e. The summed E-state index contributed by atoms with van der Waals surface area (Å²) in [5, 5.41) is 4.23. The van der Waals surface area contributed by atoms with Crippen molar-refractivity contribution in [3.05, 3.63) is 40.2 Å². The minimum atomic E-state index is 0.124. The van der Waals surface area contributed by atoms with Gasteiger partial charge < -0.3 is 10.2 Å². The van der Waals surface area contributed by atoms with Crippen LogP contribution in [0.1, 0.15) is 27.5 Å². The summed E-state index contributed by atoms with van der Waals surface area (Å²) in [5.74, 6) is 0.124. The number of piperidine rings is 1. The van der Waals surface area contributed by atoms with E-state index < -0.39 is 0 Å². The number of aryl methyl sites for hydroxylation is 1. The molecule has 0 radical (unpaired) electrons. The van der Waals surface area contributed by atoms with Crippen LogP contribution >= 0.6 is 11.3 Å². The summed E-state index contributed by atoms with van der Waals surface area (Å²) < 4.78 is 0. The maximum atomic E-state index is 12.9. The highest BCUT2D eigenvalue weighted by molar-refractivity contribution is 7.14. The van der Waals surface area contributed by atoms with E-state index in [-0.39, 0.29) is 5.91 Å². The van der Waals surface area contributed by atoms with Gasteiger partial charge in [0.1, 0.15) is 4.88 Å². The van der Waals surface area contributed by atoms with E-state index >= 15 is 0 Å². The van der Waals surface area contributed by atoms with Gasteiger partial charge >= 0.3 is 0 Å². The number of carbonyl (C=O) groups excluding carboxylic acids is 1.